The van der Waals surface area contributed by atoms with Crippen molar-refractivity contribution >= 4 is 5.97 Å². The van der Waals surface area contributed by atoms with Crippen molar-refractivity contribution in [1.82, 2.24) is 0 Å². The van der Waals surface area contributed by atoms with Crippen LogP contribution in [0.3, 0.4) is 0 Å². The van der Waals surface area contributed by atoms with Crippen LogP contribution in [-0.4, -0.2) is 5.97 Å². The van der Waals surface area contributed by atoms with Gasteiger partial charge in [0.05, 0.1) is 5.97 Å². The van der Waals surface area contributed by atoms with Gasteiger partial charge in [-0.1, -0.05) is 41.5 Å². The average molecular weight is 254 g/mol. The molecule has 0 unspecified atom stereocenters. The van der Waals surface area contributed by atoms with Crippen molar-refractivity contribution in [3.63, 3.8) is 0 Å². The van der Waals surface area contributed by atoms with E-state index in [1.165, 1.54) is 6.07 Å². The summed E-state index contributed by atoms with van der Waals surface area (Å²) >= 11 is 0. The van der Waals surface area contributed by atoms with Crippen molar-refractivity contribution in [2.45, 2.75) is 13.8 Å². The SMILES string of the molecule is Cc1ccc(-c2ccc(C)c([O-])c2)c(C(=O)[O-])c1.[Li+].[Li+]. The zero-order valence-electron chi connectivity index (χ0n) is 12.2. The molecule has 0 aromatic heterocycles. The van der Waals surface area contributed by atoms with E-state index in [0.717, 1.165) is 5.56 Å². The first-order chi connectivity index (χ1) is 8.49. The number of carbonyl (C=O) groups is 1. The molecule has 0 saturated carbocycles. The Kier molecular flexibility index (Phi) is 7.21. The normalized spacial score (nSPS) is 9.30. The van der Waals surface area contributed by atoms with E-state index < -0.39 is 5.97 Å². The molecule has 0 radical (unpaired) electrons. The smallest absolute Gasteiger partial charge is 0.872 e. The molecule has 0 N–H and O–H groups in total. The van der Waals surface area contributed by atoms with Gasteiger partial charge in [-0.05, 0) is 31.0 Å². The summed E-state index contributed by atoms with van der Waals surface area (Å²) in [5, 5.41) is 22.7. The van der Waals surface area contributed by atoms with E-state index in [4.69, 9.17) is 0 Å². The number of aryl methyl sites for hydroxylation is 2. The monoisotopic (exact) mass is 254 g/mol. The molecule has 0 fully saturated rings. The molecule has 0 aliphatic rings. The molecule has 0 amide bonds. The Balaban J connectivity index is 0.00000180. The topological polar surface area (TPSA) is 63.2 Å². The number of carboxylic acids is 1. The molecule has 5 heteroatoms. The van der Waals surface area contributed by atoms with Gasteiger partial charge in [-0.2, -0.15) is 0 Å². The summed E-state index contributed by atoms with van der Waals surface area (Å²) in [5.74, 6) is -1.33. The second kappa shape index (κ2) is 7.62. The number of rotatable bonds is 2. The fraction of sp³-hybridized carbons (Fsp3) is 0.133. The first kappa shape index (κ1) is 18.9. The van der Waals surface area contributed by atoms with Gasteiger partial charge >= 0.3 is 37.7 Å². The Labute approximate surface area is 142 Å². The third-order valence-corrected chi connectivity index (χ3v) is 2.89. The van der Waals surface area contributed by atoms with E-state index in [1.54, 1.807) is 31.2 Å². The first-order valence-electron chi connectivity index (χ1n) is 5.59. The summed E-state index contributed by atoms with van der Waals surface area (Å²) in [4.78, 5) is 11.1. The van der Waals surface area contributed by atoms with Gasteiger partial charge in [-0.25, -0.2) is 0 Å². The largest absolute Gasteiger partial charge is 1.00 e. The minimum atomic E-state index is -1.23. The number of benzene rings is 2. The van der Waals surface area contributed by atoms with E-state index >= 15 is 0 Å². The van der Waals surface area contributed by atoms with E-state index in [1.807, 2.05) is 13.0 Å². The van der Waals surface area contributed by atoms with Crippen molar-refractivity contribution in [2.75, 3.05) is 0 Å². The van der Waals surface area contributed by atoms with Crippen LogP contribution in [-0.2, 0) is 0 Å². The molecular formula is C15H12Li2O3. The maximum atomic E-state index is 11.6. The minimum absolute atomic E-state index is 0. The second-order valence-electron chi connectivity index (χ2n) is 4.32. The third kappa shape index (κ3) is 3.95. The molecule has 0 heterocycles. The Morgan fingerprint density at radius 1 is 1.00 bits per heavy atom. The quantitative estimate of drug-likeness (QED) is 0.507. The van der Waals surface area contributed by atoms with Crippen LogP contribution in [0.5, 0.6) is 5.75 Å². The number of hydrogen-bond donors (Lipinski definition) is 0. The van der Waals surface area contributed by atoms with Gasteiger partial charge in [-0.15, -0.1) is 5.75 Å². The van der Waals surface area contributed by atoms with Crippen LogP contribution in [0.1, 0.15) is 21.5 Å². The van der Waals surface area contributed by atoms with Gasteiger partial charge in [0.15, 0.2) is 0 Å². The first-order valence-corrected chi connectivity index (χ1v) is 5.59. The predicted octanol–water partition coefficient (Wildman–Crippen LogP) is -4.58. The molecule has 2 aromatic carbocycles. The third-order valence-electron chi connectivity index (χ3n) is 2.89. The number of hydrogen-bond acceptors (Lipinski definition) is 3. The van der Waals surface area contributed by atoms with E-state index in [9.17, 15) is 15.0 Å². The predicted molar refractivity (Wildman–Crippen MR) is 65.1 cm³/mol. The number of aromatic carboxylic acids is 1. The molecule has 0 aliphatic carbocycles. The molecule has 3 nitrogen and oxygen atoms in total. The summed E-state index contributed by atoms with van der Waals surface area (Å²) < 4.78 is 0. The molecule has 2 rings (SSSR count). The molecule has 0 spiro atoms. The summed E-state index contributed by atoms with van der Waals surface area (Å²) in [6.45, 7) is 3.53. The fourth-order valence-corrected chi connectivity index (χ4v) is 1.85. The van der Waals surface area contributed by atoms with E-state index in [0.29, 0.717) is 16.7 Å². The van der Waals surface area contributed by atoms with Crippen LogP contribution in [0.4, 0.5) is 0 Å². The van der Waals surface area contributed by atoms with Gasteiger partial charge in [0.2, 0.25) is 0 Å². The molecule has 0 saturated heterocycles. The molecule has 2 aromatic rings. The maximum Gasteiger partial charge on any atom is 1.00 e. The van der Waals surface area contributed by atoms with Crippen molar-refractivity contribution in [1.29, 1.82) is 0 Å². The van der Waals surface area contributed by atoms with Crippen LogP contribution < -0.4 is 47.9 Å². The van der Waals surface area contributed by atoms with Crippen molar-refractivity contribution in [2.24, 2.45) is 0 Å². The van der Waals surface area contributed by atoms with Gasteiger partial charge in [-0.3, -0.25) is 0 Å². The molecule has 92 valence electrons. The fourth-order valence-electron chi connectivity index (χ4n) is 1.85. The Bertz CT molecular complexity index is 625. The Hall–Kier alpha value is -1.10. The Morgan fingerprint density at radius 3 is 2.20 bits per heavy atom. The summed E-state index contributed by atoms with van der Waals surface area (Å²) in [6.07, 6.45) is 0. The van der Waals surface area contributed by atoms with Gasteiger partial charge in [0, 0.05) is 5.56 Å². The Morgan fingerprint density at radius 2 is 1.65 bits per heavy atom. The van der Waals surface area contributed by atoms with E-state index in [2.05, 4.69) is 0 Å². The molecule has 0 bridgehead atoms. The molecule has 20 heavy (non-hydrogen) atoms. The van der Waals surface area contributed by atoms with Crippen molar-refractivity contribution in [3.05, 3.63) is 53.1 Å². The van der Waals surface area contributed by atoms with Crippen LogP contribution in [0.25, 0.3) is 11.1 Å². The van der Waals surface area contributed by atoms with Gasteiger partial charge < -0.3 is 15.0 Å². The zero-order chi connectivity index (χ0) is 13.3. The van der Waals surface area contributed by atoms with Gasteiger partial charge in [0.1, 0.15) is 0 Å². The molecule has 0 aliphatic heterocycles. The standard InChI is InChI=1S/C15H14O3.2Li/c1-9-3-6-12(13(7-9)15(17)18)11-5-4-10(2)14(16)8-11;;/h3-8,16H,1-2H3,(H,17,18);;/q;2*+1/p-2. The van der Waals surface area contributed by atoms with E-state index in [-0.39, 0.29) is 49.0 Å². The molecule has 0 atom stereocenters. The van der Waals surface area contributed by atoms with Crippen LogP contribution >= 0.6 is 0 Å². The van der Waals surface area contributed by atoms with Crippen molar-refractivity contribution in [3.8, 4) is 16.9 Å². The van der Waals surface area contributed by atoms with Gasteiger partial charge in [0.25, 0.3) is 0 Å². The number of carbonyl (C=O) groups excluding carboxylic acids is 1. The van der Waals surface area contributed by atoms with Crippen molar-refractivity contribution < 1.29 is 52.7 Å². The maximum absolute atomic E-state index is 11.6. The van der Waals surface area contributed by atoms with Crippen LogP contribution in [0, 0.1) is 13.8 Å². The second-order valence-corrected chi connectivity index (χ2v) is 4.32. The van der Waals surface area contributed by atoms with Crippen LogP contribution in [0.15, 0.2) is 36.4 Å². The number of carboxylic acid groups (broad SMARTS) is 1. The molecular weight excluding hydrogens is 242 g/mol. The summed E-state index contributed by atoms with van der Waals surface area (Å²) in [7, 11) is 0. The minimum Gasteiger partial charge on any atom is -0.872 e. The summed E-state index contributed by atoms with van der Waals surface area (Å²) in [5.41, 5.74) is 2.70. The van der Waals surface area contributed by atoms with Crippen LogP contribution in [0.2, 0.25) is 0 Å². The summed E-state index contributed by atoms with van der Waals surface area (Å²) in [6, 6.07) is 9.95. The average Bonchev–Trinajstić information content (AvgIpc) is 2.32. The zero-order valence-corrected chi connectivity index (χ0v) is 12.2.